The molecule has 0 atom stereocenters. The summed E-state index contributed by atoms with van der Waals surface area (Å²) in [6, 6.07) is 23.8. The van der Waals surface area contributed by atoms with Crippen LogP contribution in [-0.2, 0) is 11.8 Å². The number of benzene rings is 3. The predicted octanol–water partition coefficient (Wildman–Crippen LogP) is 6.98. The van der Waals surface area contributed by atoms with Crippen molar-refractivity contribution in [3.05, 3.63) is 77.9 Å². The van der Waals surface area contributed by atoms with E-state index in [0.717, 1.165) is 0 Å². The quantitative estimate of drug-likeness (QED) is 0.418. The minimum absolute atomic E-state index is 0.223. The smallest absolute Gasteiger partial charge is 0.0403 e. The highest BCUT2D eigenvalue weighted by Crippen LogP contribution is 2.33. The van der Waals surface area contributed by atoms with Gasteiger partial charge in [0.2, 0.25) is 0 Å². The minimum Gasteiger partial charge on any atom is -0.366 e. The van der Waals surface area contributed by atoms with Crippen molar-refractivity contribution in [2.75, 3.05) is 11.4 Å². The van der Waals surface area contributed by atoms with Crippen LogP contribution < -0.4 is 4.90 Å². The Kier molecular flexibility index (Phi) is 5.33. The lowest BCUT2D eigenvalue weighted by Crippen LogP contribution is -2.40. The van der Waals surface area contributed by atoms with E-state index in [2.05, 4.69) is 113 Å². The zero-order chi connectivity index (χ0) is 19.7. The molecule has 0 saturated heterocycles. The first-order valence-electron chi connectivity index (χ1n) is 10.0. The summed E-state index contributed by atoms with van der Waals surface area (Å²) in [4.78, 5) is 2.49. The maximum absolute atomic E-state index is 2.49. The SMILES string of the molecule is CC(C)(C)N1CCc2ccccc21.CC(C)(C)c1cccc2ccccc12. The summed E-state index contributed by atoms with van der Waals surface area (Å²) in [7, 11) is 0. The first kappa shape index (κ1) is 19.5. The molecule has 0 bridgehead atoms. The van der Waals surface area contributed by atoms with Crippen molar-refractivity contribution in [3.8, 4) is 0 Å². The molecule has 1 heteroatoms. The predicted molar refractivity (Wildman–Crippen MR) is 120 cm³/mol. The monoisotopic (exact) mass is 359 g/mol. The lowest BCUT2D eigenvalue weighted by atomic mass is 9.84. The van der Waals surface area contributed by atoms with Gasteiger partial charge in [-0.3, -0.25) is 0 Å². The second kappa shape index (κ2) is 7.38. The van der Waals surface area contributed by atoms with Crippen molar-refractivity contribution in [3.63, 3.8) is 0 Å². The van der Waals surface area contributed by atoms with Crippen LogP contribution in [0.4, 0.5) is 5.69 Å². The van der Waals surface area contributed by atoms with Crippen molar-refractivity contribution >= 4 is 16.5 Å². The van der Waals surface area contributed by atoms with E-state index in [0.29, 0.717) is 0 Å². The van der Waals surface area contributed by atoms with Gasteiger partial charge in [0.05, 0.1) is 0 Å². The second-order valence-electron chi connectivity index (χ2n) is 9.48. The Morgan fingerprint density at radius 1 is 0.704 bits per heavy atom. The number of para-hydroxylation sites is 1. The lowest BCUT2D eigenvalue weighted by molar-refractivity contribution is 0.518. The topological polar surface area (TPSA) is 3.24 Å². The molecule has 1 nitrogen and oxygen atoms in total. The van der Waals surface area contributed by atoms with Gasteiger partial charge in [0.1, 0.15) is 0 Å². The molecular weight excluding hydrogens is 326 g/mol. The third-order valence-corrected chi connectivity index (χ3v) is 5.29. The van der Waals surface area contributed by atoms with Gasteiger partial charge < -0.3 is 4.90 Å². The molecule has 142 valence electrons. The number of hydrogen-bond acceptors (Lipinski definition) is 1. The van der Waals surface area contributed by atoms with Gasteiger partial charge >= 0.3 is 0 Å². The molecule has 4 rings (SSSR count). The van der Waals surface area contributed by atoms with Crippen LogP contribution in [0.5, 0.6) is 0 Å². The molecule has 0 fully saturated rings. The minimum atomic E-state index is 0.223. The van der Waals surface area contributed by atoms with E-state index in [1.54, 1.807) is 0 Å². The van der Waals surface area contributed by atoms with Crippen molar-refractivity contribution in [1.29, 1.82) is 0 Å². The average Bonchev–Trinajstić information content (AvgIpc) is 3.05. The van der Waals surface area contributed by atoms with E-state index < -0.39 is 0 Å². The zero-order valence-electron chi connectivity index (χ0n) is 17.7. The van der Waals surface area contributed by atoms with Crippen LogP contribution in [0.15, 0.2) is 66.7 Å². The fourth-order valence-electron chi connectivity index (χ4n) is 3.91. The van der Waals surface area contributed by atoms with Crippen LogP contribution in [0.3, 0.4) is 0 Å². The van der Waals surface area contributed by atoms with Crippen LogP contribution >= 0.6 is 0 Å². The van der Waals surface area contributed by atoms with E-state index >= 15 is 0 Å². The van der Waals surface area contributed by atoms with Gasteiger partial charge in [0.15, 0.2) is 0 Å². The first-order valence-corrected chi connectivity index (χ1v) is 10.0. The molecule has 1 aliphatic heterocycles. The molecule has 0 radical (unpaired) electrons. The summed E-state index contributed by atoms with van der Waals surface area (Å²) >= 11 is 0. The molecule has 3 aromatic rings. The van der Waals surface area contributed by atoms with Crippen LogP contribution in [0.25, 0.3) is 10.8 Å². The molecule has 1 heterocycles. The normalized spacial score (nSPS) is 13.9. The third-order valence-electron chi connectivity index (χ3n) is 5.29. The fraction of sp³-hybridized carbons (Fsp3) is 0.385. The van der Waals surface area contributed by atoms with Crippen LogP contribution in [0, 0.1) is 0 Å². The van der Waals surface area contributed by atoms with Gasteiger partial charge in [-0.05, 0) is 60.6 Å². The Morgan fingerprint density at radius 3 is 2.04 bits per heavy atom. The van der Waals surface area contributed by atoms with E-state index in [1.165, 1.54) is 40.6 Å². The molecule has 0 unspecified atom stereocenters. The van der Waals surface area contributed by atoms with E-state index in [-0.39, 0.29) is 11.0 Å². The van der Waals surface area contributed by atoms with Gasteiger partial charge in [0.25, 0.3) is 0 Å². The van der Waals surface area contributed by atoms with Gasteiger partial charge in [-0.2, -0.15) is 0 Å². The highest BCUT2D eigenvalue weighted by Gasteiger charge is 2.27. The van der Waals surface area contributed by atoms with Crippen molar-refractivity contribution in [2.45, 2.75) is 58.9 Å². The first-order chi connectivity index (χ1) is 12.7. The van der Waals surface area contributed by atoms with E-state index in [9.17, 15) is 0 Å². The van der Waals surface area contributed by atoms with E-state index in [1.807, 2.05) is 0 Å². The Bertz CT molecular complexity index is 904. The number of hydrogen-bond donors (Lipinski definition) is 0. The van der Waals surface area contributed by atoms with E-state index in [4.69, 9.17) is 0 Å². The number of fused-ring (bicyclic) bond motifs is 2. The lowest BCUT2D eigenvalue weighted by Gasteiger charge is -2.34. The van der Waals surface area contributed by atoms with Crippen LogP contribution in [0.2, 0.25) is 0 Å². The van der Waals surface area contributed by atoms with Crippen LogP contribution in [0.1, 0.15) is 52.7 Å². The molecule has 0 saturated carbocycles. The molecule has 0 N–H and O–H groups in total. The standard InChI is InChI=1S/C14H16.C12H17N/c1-14(2,3)13-10-6-8-11-7-4-5-9-12(11)13;1-12(2,3)13-9-8-10-6-4-5-7-11(10)13/h4-10H,1-3H3;4-7H,8-9H2,1-3H3. The summed E-state index contributed by atoms with van der Waals surface area (Å²) < 4.78 is 0. The third kappa shape index (κ3) is 4.35. The summed E-state index contributed by atoms with van der Waals surface area (Å²) in [5, 5.41) is 2.71. The largest absolute Gasteiger partial charge is 0.366 e. The maximum atomic E-state index is 2.49. The number of nitrogens with zero attached hydrogens (tertiary/aromatic N) is 1. The van der Waals surface area contributed by atoms with Crippen LogP contribution in [-0.4, -0.2) is 12.1 Å². The molecule has 3 aromatic carbocycles. The highest BCUT2D eigenvalue weighted by molar-refractivity contribution is 5.86. The van der Waals surface area contributed by atoms with Gasteiger partial charge in [-0.15, -0.1) is 0 Å². The zero-order valence-corrected chi connectivity index (χ0v) is 17.7. The molecule has 27 heavy (non-hydrogen) atoms. The van der Waals surface area contributed by atoms with Gasteiger partial charge in [0, 0.05) is 17.8 Å². The second-order valence-corrected chi connectivity index (χ2v) is 9.48. The molecule has 0 spiro atoms. The number of anilines is 1. The van der Waals surface area contributed by atoms with Gasteiger partial charge in [-0.1, -0.05) is 81.4 Å². The summed E-state index contributed by atoms with van der Waals surface area (Å²) in [6.45, 7) is 14.8. The molecule has 0 amide bonds. The average molecular weight is 360 g/mol. The molecule has 1 aliphatic rings. The Labute approximate surface area is 165 Å². The molecule has 0 aliphatic carbocycles. The van der Waals surface area contributed by atoms with Crippen molar-refractivity contribution in [1.82, 2.24) is 0 Å². The van der Waals surface area contributed by atoms with Gasteiger partial charge in [-0.25, -0.2) is 0 Å². The summed E-state index contributed by atoms with van der Waals surface area (Å²) in [6.07, 6.45) is 1.20. The summed E-state index contributed by atoms with van der Waals surface area (Å²) in [5.41, 5.74) is 4.83. The highest BCUT2D eigenvalue weighted by atomic mass is 15.2. The summed E-state index contributed by atoms with van der Waals surface area (Å²) in [5.74, 6) is 0. The Hall–Kier alpha value is -2.28. The maximum Gasteiger partial charge on any atom is 0.0403 e. The molecule has 0 aromatic heterocycles. The molecular formula is C26H33N. The van der Waals surface area contributed by atoms with Crippen molar-refractivity contribution in [2.24, 2.45) is 0 Å². The Balaban J connectivity index is 0.000000156. The fourth-order valence-corrected chi connectivity index (χ4v) is 3.91. The van der Waals surface area contributed by atoms with Crippen molar-refractivity contribution < 1.29 is 0 Å². The Morgan fingerprint density at radius 2 is 1.33 bits per heavy atom. The number of rotatable bonds is 0.